The van der Waals surface area contributed by atoms with E-state index in [1.165, 1.54) is 44.8 Å². The number of thiol groups is 1. The van der Waals surface area contributed by atoms with E-state index < -0.39 is 0 Å². The molecule has 1 fully saturated rings. The van der Waals surface area contributed by atoms with E-state index in [1.54, 1.807) is 0 Å². The van der Waals surface area contributed by atoms with Crippen molar-refractivity contribution in [2.75, 3.05) is 7.11 Å². The number of hydrogen-bond acceptors (Lipinski definition) is 3. The van der Waals surface area contributed by atoms with Crippen molar-refractivity contribution < 1.29 is 9.53 Å². The molecule has 1 aliphatic carbocycles. The van der Waals surface area contributed by atoms with E-state index in [9.17, 15) is 4.79 Å². The highest BCUT2D eigenvalue weighted by Gasteiger charge is 2.17. The van der Waals surface area contributed by atoms with E-state index in [2.05, 4.69) is 12.6 Å². The Morgan fingerprint density at radius 3 is 2.59 bits per heavy atom. The minimum atomic E-state index is -0.315. The number of hydrogen-bond donors (Lipinski definition) is 1. The molecule has 0 bridgehead atoms. The van der Waals surface area contributed by atoms with Crippen molar-refractivity contribution in [3.05, 3.63) is 29.3 Å². The number of ether oxygens (including phenoxy) is 1. The van der Waals surface area contributed by atoms with Crippen LogP contribution in [0.5, 0.6) is 0 Å². The zero-order chi connectivity index (χ0) is 12.3. The van der Waals surface area contributed by atoms with Crippen LogP contribution in [0.1, 0.15) is 53.9 Å². The first kappa shape index (κ1) is 12.5. The molecule has 0 atom stereocenters. The van der Waals surface area contributed by atoms with Crippen molar-refractivity contribution in [3.8, 4) is 0 Å². The third-order valence-corrected chi connectivity index (χ3v) is 3.87. The monoisotopic (exact) mass is 250 g/mol. The second kappa shape index (κ2) is 5.58. The van der Waals surface area contributed by atoms with E-state index in [0.29, 0.717) is 11.5 Å². The Kier molecular flexibility index (Phi) is 4.11. The first-order chi connectivity index (χ1) is 8.22. The summed E-state index contributed by atoms with van der Waals surface area (Å²) in [5, 5.41) is 0. The highest BCUT2D eigenvalue weighted by atomic mass is 32.1. The van der Waals surface area contributed by atoms with Gasteiger partial charge in [-0.15, -0.1) is 12.6 Å². The zero-order valence-electron chi connectivity index (χ0n) is 10.1. The number of methoxy groups -OCH3 is 1. The molecule has 0 radical (unpaired) electrons. The van der Waals surface area contributed by atoms with Crippen LogP contribution in [-0.4, -0.2) is 13.1 Å². The van der Waals surface area contributed by atoms with Crippen LogP contribution < -0.4 is 0 Å². The lowest BCUT2D eigenvalue weighted by Crippen LogP contribution is -2.07. The Bertz CT molecular complexity index is 409. The van der Waals surface area contributed by atoms with Crippen LogP contribution in [0.2, 0.25) is 0 Å². The second-order valence-electron chi connectivity index (χ2n) is 4.60. The van der Waals surface area contributed by atoms with Crippen molar-refractivity contribution in [3.63, 3.8) is 0 Å². The molecule has 0 amide bonds. The zero-order valence-corrected chi connectivity index (χ0v) is 11.0. The Hall–Kier alpha value is -0.960. The quantitative estimate of drug-likeness (QED) is 0.638. The number of carbonyl (C=O) groups excluding carboxylic acids is 1. The van der Waals surface area contributed by atoms with E-state index in [-0.39, 0.29) is 5.97 Å². The minimum Gasteiger partial charge on any atom is -0.465 e. The predicted molar refractivity (Wildman–Crippen MR) is 70.9 cm³/mol. The van der Waals surface area contributed by atoms with Crippen LogP contribution >= 0.6 is 12.6 Å². The van der Waals surface area contributed by atoms with Crippen molar-refractivity contribution >= 4 is 18.6 Å². The molecule has 1 aromatic rings. The molecular weight excluding hydrogens is 232 g/mol. The molecule has 3 heteroatoms. The van der Waals surface area contributed by atoms with Gasteiger partial charge in [0.25, 0.3) is 0 Å². The van der Waals surface area contributed by atoms with Gasteiger partial charge in [0.15, 0.2) is 0 Å². The highest BCUT2D eigenvalue weighted by molar-refractivity contribution is 7.80. The maximum absolute atomic E-state index is 11.5. The van der Waals surface area contributed by atoms with Crippen LogP contribution in [0.3, 0.4) is 0 Å². The van der Waals surface area contributed by atoms with E-state index in [4.69, 9.17) is 4.74 Å². The predicted octanol–water partition coefficient (Wildman–Crippen LogP) is 3.81. The fourth-order valence-electron chi connectivity index (χ4n) is 2.52. The largest absolute Gasteiger partial charge is 0.465 e. The molecule has 2 nitrogen and oxygen atoms in total. The maximum atomic E-state index is 11.5. The van der Waals surface area contributed by atoms with Gasteiger partial charge in [0, 0.05) is 4.90 Å². The van der Waals surface area contributed by atoms with Gasteiger partial charge in [0.1, 0.15) is 0 Å². The summed E-state index contributed by atoms with van der Waals surface area (Å²) in [5.74, 6) is 0.326. The van der Waals surface area contributed by atoms with E-state index >= 15 is 0 Å². The number of carbonyl (C=O) groups is 1. The van der Waals surface area contributed by atoms with Gasteiger partial charge in [-0.25, -0.2) is 4.79 Å². The summed E-state index contributed by atoms with van der Waals surface area (Å²) in [7, 11) is 1.39. The van der Waals surface area contributed by atoms with Crippen molar-refractivity contribution in [2.45, 2.75) is 42.9 Å². The molecule has 0 spiro atoms. The van der Waals surface area contributed by atoms with E-state index in [0.717, 1.165) is 4.90 Å². The summed E-state index contributed by atoms with van der Waals surface area (Å²) in [6, 6.07) is 5.89. The molecule has 0 aromatic heterocycles. The topological polar surface area (TPSA) is 26.3 Å². The normalized spacial score (nSPS) is 16.8. The van der Waals surface area contributed by atoms with Crippen molar-refractivity contribution in [1.29, 1.82) is 0 Å². The van der Waals surface area contributed by atoms with Crippen LogP contribution in [0.25, 0.3) is 0 Å². The molecule has 92 valence electrons. The molecule has 1 saturated carbocycles. The van der Waals surface area contributed by atoms with Gasteiger partial charge in [-0.3, -0.25) is 0 Å². The lowest BCUT2D eigenvalue weighted by atomic mass is 9.84. The average molecular weight is 250 g/mol. The minimum absolute atomic E-state index is 0.315. The van der Waals surface area contributed by atoms with Gasteiger partial charge < -0.3 is 4.74 Å². The van der Waals surface area contributed by atoms with Crippen LogP contribution in [0, 0.1) is 0 Å². The molecule has 1 aliphatic rings. The molecule has 0 aliphatic heterocycles. The van der Waals surface area contributed by atoms with Gasteiger partial charge in [-0.2, -0.15) is 0 Å². The summed E-state index contributed by atoms with van der Waals surface area (Å²) in [6.45, 7) is 0. The van der Waals surface area contributed by atoms with Crippen molar-refractivity contribution in [2.24, 2.45) is 0 Å². The van der Waals surface area contributed by atoms with Crippen molar-refractivity contribution in [1.82, 2.24) is 0 Å². The van der Waals surface area contributed by atoms with Crippen LogP contribution in [0.4, 0.5) is 0 Å². The van der Waals surface area contributed by atoms with Gasteiger partial charge in [0.05, 0.1) is 12.7 Å². The van der Waals surface area contributed by atoms with E-state index in [1.807, 2.05) is 18.2 Å². The molecule has 0 N–H and O–H groups in total. The summed E-state index contributed by atoms with van der Waals surface area (Å²) in [6.07, 6.45) is 6.48. The average Bonchev–Trinajstić information content (AvgIpc) is 2.39. The molecule has 1 aromatic carbocycles. The molecular formula is C14H18O2S. The van der Waals surface area contributed by atoms with Gasteiger partial charge >= 0.3 is 5.97 Å². The molecule has 2 rings (SSSR count). The standard InChI is InChI=1S/C14H18O2S/c1-16-14(15)12-8-7-11(9-13(12)17)10-5-3-2-4-6-10/h7-10,17H,2-6H2,1H3. The summed E-state index contributed by atoms with van der Waals surface area (Å²) < 4.78 is 4.71. The number of rotatable bonds is 2. The smallest absolute Gasteiger partial charge is 0.338 e. The molecule has 0 unspecified atom stereocenters. The van der Waals surface area contributed by atoms with Crippen LogP contribution in [0.15, 0.2) is 23.1 Å². The molecule has 17 heavy (non-hydrogen) atoms. The Balaban J connectivity index is 2.20. The molecule has 0 heterocycles. The number of esters is 1. The third-order valence-electron chi connectivity index (χ3n) is 3.50. The SMILES string of the molecule is COC(=O)c1ccc(C2CCCCC2)cc1S. The van der Waals surface area contributed by atoms with Crippen LogP contribution in [-0.2, 0) is 4.74 Å². The van der Waals surface area contributed by atoms with Gasteiger partial charge in [0.2, 0.25) is 0 Å². The highest BCUT2D eigenvalue weighted by Crippen LogP contribution is 2.34. The Labute approximate surface area is 108 Å². The Morgan fingerprint density at radius 1 is 1.29 bits per heavy atom. The fourth-order valence-corrected chi connectivity index (χ4v) is 2.84. The fraction of sp³-hybridized carbons (Fsp3) is 0.500. The maximum Gasteiger partial charge on any atom is 0.338 e. The summed E-state index contributed by atoms with van der Waals surface area (Å²) >= 11 is 4.38. The lowest BCUT2D eigenvalue weighted by molar-refractivity contribution is 0.0597. The van der Waals surface area contributed by atoms with Gasteiger partial charge in [-0.05, 0) is 36.5 Å². The van der Waals surface area contributed by atoms with Gasteiger partial charge in [-0.1, -0.05) is 25.3 Å². The third kappa shape index (κ3) is 2.83. The number of benzene rings is 1. The molecule has 0 saturated heterocycles. The first-order valence-electron chi connectivity index (χ1n) is 6.13. The summed E-state index contributed by atoms with van der Waals surface area (Å²) in [4.78, 5) is 12.2. The summed E-state index contributed by atoms with van der Waals surface area (Å²) in [5.41, 5.74) is 1.86. The Morgan fingerprint density at radius 2 is 2.00 bits per heavy atom. The first-order valence-corrected chi connectivity index (χ1v) is 6.58. The second-order valence-corrected chi connectivity index (χ2v) is 5.08. The lowest BCUT2D eigenvalue weighted by Gasteiger charge is -2.22.